The summed E-state index contributed by atoms with van der Waals surface area (Å²) in [4.78, 5) is 28.7. The van der Waals surface area contributed by atoms with Crippen LogP contribution in [0.2, 0.25) is 0 Å². The van der Waals surface area contributed by atoms with Gasteiger partial charge in [0.2, 0.25) is 0 Å². The number of nitrogens with one attached hydrogen (secondary N) is 2. The Morgan fingerprint density at radius 3 is 2.58 bits per heavy atom. The Kier molecular flexibility index (Phi) is 4.60. The third-order valence-corrected chi connectivity index (χ3v) is 4.00. The van der Waals surface area contributed by atoms with Gasteiger partial charge >= 0.3 is 0 Å². The van der Waals surface area contributed by atoms with Gasteiger partial charge < -0.3 is 10.6 Å². The van der Waals surface area contributed by atoms with Gasteiger partial charge in [-0.2, -0.15) is 0 Å². The number of anilines is 1. The number of hydrogen-bond donors (Lipinski definition) is 2. The lowest BCUT2D eigenvalue weighted by Crippen LogP contribution is -2.26. The van der Waals surface area contributed by atoms with Crippen LogP contribution in [0.15, 0.2) is 42.6 Å². The van der Waals surface area contributed by atoms with Crippen molar-refractivity contribution in [1.82, 2.24) is 10.3 Å². The van der Waals surface area contributed by atoms with E-state index in [-0.39, 0.29) is 23.6 Å². The first-order valence-electron chi connectivity index (χ1n) is 8.22. The van der Waals surface area contributed by atoms with E-state index in [1.165, 1.54) is 12.3 Å². The zero-order valence-electron chi connectivity index (χ0n) is 13.9. The fraction of sp³-hybridized carbons (Fsp3) is 0.316. The quantitative estimate of drug-likeness (QED) is 0.886. The molecule has 1 fully saturated rings. The maximum Gasteiger partial charge on any atom is 0.274 e. The summed E-state index contributed by atoms with van der Waals surface area (Å²) in [5, 5.41) is 5.81. The largest absolute Gasteiger partial charge is 0.349 e. The molecule has 0 unspecified atom stereocenters. The van der Waals surface area contributed by atoms with Crippen molar-refractivity contribution in [2.75, 3.05) is 5.32 Å². The van der Waals surface area contributed by atoms with Crippen LogP contribution in [0, 0.1) is 0 Å². The molecule has 0 aliphatic heterocycles. The van der Waals surface area contributed by atoms with E-state index in [2.05, 4.69) is 29.5 Å². The number of hydrogen-bond acceptors (Lipinski definition) is 3. The minimum Gasteiger partial charge on any atom is -0.349 e. The molecule has 3 rings (SSSR count). The zero-order valence-corrected chi connectivity index (χ0v) is 13.9. The monoisotopic (exact) mass is 323 g/mol. The molecule has 5 nitrogen and oxygen atoms in total. The van der Waals surface area contributed by atoms with Crippen LogP contribution in [0.1, 0.15) is 59.0 Å². The van der Waals surface area contributed by atoms with E-state index in [0.29, 0.717) is 11.5 Å². The van der Waals surface area contributed by atoms with Crippen molar-refractivity contribution < 1.29 is 9.59 Å². The number of aromatic nitrogens is 1. The molecule has 1 aromatic carbocycles. The number of rotatable bonds is 5. The summed E-state index contributed by atoms with van der Waals surface area (Å²) in [5.41, 5.74) is 2.52. The van der Waals surface area contributed by atoms with Gasteiger partial charge in [0.25, 0.3) is 11.8 Å². The summed E-state index contributed by atoms with van der Waals surface area (Å²) in [5.74, 6) is -0.175. The Labute approximate surface area is 141 Å². The molecule has 0 saturated heterocycles. The van der Waals surface area contributed by atoms with Gasteiger partial charge in [-0.1, -0.05) is 32.0 Å². The number of carbonyl (C=O) groups is 2. The highest BCUT2D eigenvalue weighted by molar-refractivity contribution is 6.05. The van der Waals surface area contributed by atoms with Gasteiger partial charge in [0, 0.05) is 23.5 Å². The lowest BCUT2D eigenvalue weighted by Gasteiger charge is -2.13. The molecular formula is C19H21N3O2. The Balaban J connectivity index is 1.76. The summed E-state index contributed by atoms with van der Waals surface area (Å²) >= 11 is 0. The molecule has 0 atom stereocenters. The van der Waals surface area contributed by atoms with Crippen LogP contribution in [-0.4, -0.2) is 22.8 Å². The SMILES string of the molecule is CC(C)c1ccccc1NC(=O)c1cc(C(=O)NC2CC2)ccn1. The summed E-state index contributed by atoms with van der Waals surface area (Å²) in [7, 11) is 0. The molecule has 1 saturated carbocycles. The Bertz CT molecular complexity index is 767. The molecule has 0 radical (unpaired) electrons. The fourth-order valence-electron chi connectivity index (χ4n) is 2.49. The molecular weight excluding hydrogens is 302 g/mol. The van der Waals surface area contributed by atoms with Crippen LogP contribution in [0.3, 0.4) is 0 Å². The van der Waals surface area contributed by atoms with Crippen LogP contribution < -0.4 is 10.6 Å². The van der Waals surface area contributed by atoms with Crippen LogP contribution in [0.4, 0.5) is 5.69 Å². The smallest absolute Gasteiger partial charge is 0.274 e. The maximum atomic E-state index is 12.5. The zero-order chi connectivity index (χ0) is 17.1. The number of benzene rings is 1. The number of carbonyl (C=O) groups excluding carboxylic acids is 2. The molecule has 1 aliphatic carbocycles. The van der Waals surface area contributed by atoms with Crippen LogP contribution in [0.5, 0.6) is 0 Å². The summed E-state index contributed by atoms with van der Waals surface area (Å²) < 4.78 is 0. The van der Waals surface area contributed by atoms with Crippen molar-refractivity contribution >= 4 is 17.5 Å². The third kappa shape index (κ3) is 3.79. The van der Waals surface area contributed by atoms with Gasteiger partial charge in [-0.3, -0.25) is 14.6 Å². The molecule has 0 bridgehead atoms. The predicted molar refractivity (Wildman–Crippen MR) is 93.2 cm³/mol. The van der Waals surface area contributed by atoms with E-state index in [1.807, 2.05) is 24.3 Å². The second kappa shape index (κ2) is 6.83. The molecule has 124 valence electrons. The minimum absolute atomic E-state index is 0.156. The van der Waals surface area contributed by atoms with Crippen molar-refractivity contribution in [2.45, 2.75) is 38.6 Å². The number of pyridine rings is 1. The minimum atomic E-state index is -0.316. The van der Waals surface area contributed by atoms with Crippen molar-refractivity contribution in [2.24, 2.45) is 0 Å². The van der Waals surface area contributed by atoms with Gasteiger partial charge in [-0.25, -0.2) is 0 Å². The van der Waals surface area contributed by atoms with E-state index in [0.717, 1.165) is 24.1 Å². The predicted octanol–water partition coefficient (Wildman–Crippen LogP) is 3.35. The number of nitrogens with zero attached hydrogens (tertiary/aromatic N) is 1. The van der Waals surface area contributed by atoms with Crippen molar-refractivity contribution in [3.05, 3.63) is 59.4 Å². The Morgan fingerprint density at radius 2 is 1.88 bits per heavy atom. The van der Waals surface area contributed by atoms with E-state index >= 15 is 0 Å². The van der Waals surface area contributed by atoms with E-state index in [4.69, 9.17) is 0 Å². The fourth-order valence-corrected chi connectivity index (χ4v) is 2.49. The second-order valence-electron chi connectivity index (χ2n) is 6.37. The molecule has 2 N–H and O–H groups in total. The molecule has 1 aromatic heterocycles. The lowest BCUT2D eigenvalue weighted by atomic mass is 10.0. The van der Waals surface area contributed by atoms with Gasteiger partial charge in [0.15, 0.2) is 0 Å². The highest BCUT2D eigenvalue weighted by Crippen LogP contribution is 2.24. The topological polar surface area (TPSA) is 71.1 Å². The highest BCUT2D eigenvalue weighted by atomic mass is 16.2. The van der Waals surface area contributed by atoms with Gasteiger partial charge in [-0.15, -0.1) is 0 Å². The molecule has 1 heterocycles. The van der Waals surface area contributed by atoms with Crippen molar-refractivity contribution in [1.29, 1.82) is 0 Å². The second-order valence-corrected chi connectivity index (χ2v) is 6.37. The number of para-hydroxylation sites is 1. The molecule has 2 aromatic rings. The molecule has 1 aliphatic rings. The van der Waals surface area contributed by atoms with Crippen molar-refractivity contribution in [3.63, 3.8) is 0 Å². The highest BCUT2D eigenvalue weighted by Gasteiger charge is 2.24. The first-order valence-corrected chi connectivity index (χ1v) is 8.22. The molecule has 5 heteroatoms. The molecule has 2 amide bonds. The van der Waals surface area contributed by atoms with Crippen LogP contribution in [0.25, 0.3) is 0 Å². The Morgan fingerprint density at radius 1 is 1.12 bits per heavy atom. The third-order valence-electron chi connectivity index (χ3n) is 4.00. The first kappa shape index (κ1) is 16.2. The lowest BCUT2D eigenvalue weighted by molar-refractivity contribution is 0.0951. The average molecular weight is 323 g/mol. The first-order chi connectivity index (χ1) is 11.5. The summed E-state index contributed by atoms with van der Waals surface area (Å²) in [6.07, 6.45) is 3.54. The maximum absolute atomic E-state index is 12.5. The van der Waals surface area contributed by atoms with E-state index in [1.54, 1.807) is 6.07 Å². The summed E-state index contributed by atoms with van der Waals surface area (Å²) in [6.45, 7) is 4.15. The summed E-state index contributed by atoms with van der Waals surface area (Å²) in [6, 6.07) is 11.1. The Hall–Kier alpha value is -2.69. The molecule has 0 spiro atoms. The number of amides is 2. The van der Waals surface area contributed by atoms with Gasteiger partial charge in [0.1, 0.15) is 5.69 Å². The van der Waals surface area contributed by atoms with Gasteiger partial charge in [-0.05, 0) is 42.5 Å². The molecule has 24 heavy (non-hydrogen) atoms. The standard InChI is InChI=1S/C19H21N3O2/c1-12(2)15-5-3-4-6-16(15)22-19(24)17-11-13(9-10-20-17)18(23)21-14-7-8-14/h3-6,9-12,14H,7-8H2,1-2H3,(H,21,23)(H,22,24). The normalized spacial score (nSPS) is 13.6. The van der Waals surface area contributed by atoms with Crippen LogP contribution >= 0.6 is 0 Å². The van der Waals surface area contributed by atoms with E-state index < -0.39 is 0 Å². The van der Waals surface area contributed by atoms with Gasteiger partial charge in [0.05, 0.1) is 0 Å². The van der Waals surface area contributed by atoms with Crippen molar-refractivity contribution in [3.8, 4) is 0 Å². The average Bonchev–Trinajstić information content (AvgIpc) is 3.39. The van der Waals surface area contributed by atoms with Crippen LogP contribution in [-0.2, 0) is 0 Å². The van der Waals surface area contributed by atoms with E-state index in [9.17, 15) is 9.59 Å².